The Morgan fingerprint density at radius 3 is 2.61 bits per heavy atom. The van der Waals surface area contributed by atoms with Gasteiger partial charge in [-0.25, -0.2) is 9.07 Å². The predicted molar refractivity (Wildman–Crippen MR) is 114 cm³/mol. The summed E-state index contributed by atoms with van der Waals surface area (Å²) in [4.78, 5) is 16.8. The molecule has 0 saturated carbocycles. The van der Waals surface area contributed by atoms with Crippen molar-refractivity contribution in [2.75, 3.05) is 10.6 Å². The third kappa shape index (κ3) is 3.71. The van der Waals surface area contributed by atoms with Gasteiger partial charge in [0.2, 0.25) is 5.95 Å². The number of nitrogens with zero attached hydrogens (tertiary/aromatic N) is 3. The zero-order valence-corrected chi connectivity index (χ0v) is 16.5. The van der Waals surface area contributed by atoms with Crippen LogP contribution in [0.2, 0.25) is 0 Å². The second-order valence-corrected chi connectivity index (χ2v) is 7.20. The minimum atomic E-state index is -0.446. The fourth-order valence-corrected chi connectivity index (χ4v) is 3.42. The monoisotopic (exact) mass is 415 g/mol. The number of hydrogen-bond acceptors (Lipinski definition) is 5. The van der Waals surface area contributed by atoms with Gasteiger partial charge >= 0.3 is 0 Å². The summed E-state index contributed by atoms with van der Waals surface area (Å²) in [6.07, 6.45) is 3.42. The molecule has 1 unspecified atom stereocenters. The van der Waals surface area contributed by atoms with Gasteiger partial charge in [0.15, 0.2) is 5.76 Å². The molecule has 4 aromatic rings. The Kier molecular flexibility index (Phi) is 4.59. The van der Waals surface area contributed by atoms with Crippen molar-refractivity contribution < 1.29 is 13.6 Å². The molecule has 1 amide bonds. The number of amides is 1. The van der Waals surface area contributed by atoms with Gasteiger partial charge in [-0.2, -0.15) is 4.98 Å². The molecule has 31 heavy (non-hydrogen) atoms. The Morgan fingerprint density at radius 2 is 1.90 bits per heavy atom. The number of nitrogens with one attached hydrogen (secondary N) is 2. The molecule has 0 saturated heterocycles. The number of halogens is 1. The van der Waals surface area contributed by atoms with Crippen molar-refractivity contribution >= 4 is 23.5 Å². The number of rotatable bonds is 4. The van der Waals surface area contributed by atoms with Crippen LogP contribution in [0.4, 0.5) is 16.3 Å². The van der Waals surface area contributed by atoms with E-state index in [9.17, 15) is 9.18 Å². The minimum Gasteiger partial charge on any atom is -0.459 e. The van der Waals surface area contributed by atoms with Crippen LogP contribution in [0.5, 0.6) is 0 Å². The lowest BCUT2D eigenvalue weighted by atomic mass is 10.0. The zero-order valence-electron chi connectivity index (χ0n) is 16.5. The molecule has 5 rings (SSSR count). The molecule has 1 aliphatic heterocycles. The summed E-state index contributed by atoms with van der Waals surface area (Å²) in [5.41, 5.74) is 3.81. The number of aromatic nitrogens is 3. The Balaban J connectivity index is 1.53. The maximum atomic E-state index is 13.5. The van der Waals surface area contributed by atoms with Crippen LogP contribution in [-0.2, 0) is 0 Å². The maximum Gasteiger partial charge on any atom is 0.293 e. The number of allylic oxidation sites excluding steroid dienone is 1. The molecule has 0 radical (unpaired) electrons. The normalized spacial score (nSPS) is 15.0. The van der Waals surface area contributed by atoms with Crippen molar-refractivity contribution in [1.82, 2.24) is 14.8 Å². The van der Waals surface area contributed by atoms with E-state index in [0.717, 1.165) is 22.4 Å². The molecule has 3 heterocycles. The highest BCUT2D eigenvalue weighted by atomic mass is 19.1. The van der Waals surface area contributed by atoms with Gasteiger partial charge in [0.1, 0.15) is 11.9 Å². The first-order valence-corrected chi connectivity index (χ1v) is 9.69. The lowest BCUT2D eigenvalue weighted by Crippen LogP contribution is -2.20. The van der Waals surface area contributed by atoms with Gasteiger partial charge in [-0.3, -0.25) is 10.1 Å². The van der Waals surface area contributed by atoms with Crippen molar-refractivity contribution in [2.45, 2.75) is 13.0 Å². The molecule has 2 N–H and O–H groups in total. The lowest BCUT2D eigenvalue weighted by Gasteiger charge is -2.24. The van der Waals surface area contributed by atoms with E-state index in [4.69, 9.17) is 4.42 Å². The van der Waals surface area contributed by atoms with E-state index < -0.39 is 5.91 Å². The van der Waals surface area contributed by atoms with Crippen LogP contribution < -0.4 is 10.6 Å². The standard InChI is InChI=1S/C23H18FN5O2/c1-14-4-6-15(7-5-14)18-13-19(16-8-10-17(24)11-9-16)29-23(25-18)27-22(28-29)26-21(30)20-3-2-12-31-20/h2-13,19H,1H3,(H2,25,26,27,28,30). The van der Waals surface area contributed by atoms with E-state index >= 15 is 0 Å². The van der Waals surface area contributed by atoms with E-state index in [1.165, 1.54) is 18.4 Å². The van der Waals surface area contributed by atoms with Gasteiger partial charge < -0.3 is 9.73 Å². The Morgan fingerprint density at radius 1 is 1.13 bits per heavy atom. The summed E-state index contributed by atoms with van der Waals surface area (Å²) < 4.78 is 20.3. The molecule has 8 heteroatoms. The highest BCUT2D eigenvalue weighted by molar-refractivity contribution is 6.01. The number of anilines is 2. The van der Waals surface area contributed by atoms with Gasteiger partial charge in [-0.05, 0) is 48.4 Å². The molecule has 2 aromatic heterocycles. The smallest absolute Gasteiger partial charge is 0.293 e. The summed E-state index contributed by atoms with van der Waals surface area (Å²) in [5, 5.41) is 10.4. The minimum absolute atomic E-state index is 0.134. The van der Waals surface area contributed by atoms with Gasteiger partial charge in [0, 0.05) is 5.70 Å². The topological polar surface area (TPSA) is 85.0 Å². The summed E-state index contributed by atoms with van der Waals surface area (Å²) in [5.74, 6) is -0.00497. The third-order valence-corrected chi connectivity index (χ3v) is 5.01. The number of carbonyl (C=O) groups is 1. The van der Waals surface area contributed by atoms with E-state index in [1.807, 2.05) is 37.3 Å². The van der Waals surface area contributed by atoms with E-state index in [2.05, 4.69) is 20.7 Å². The number of furan rings is 1. The van der Waals surface area contributed by atoms with Crippen LogP contribution in [0.3, 0.4) is 0 Å². The fraction of sp³-hybridized carbons (Fsp3) is 0.0870. The van der Waals surface area contributed by atoms with Crippen molar-refractivity contribution in [3.8, 4) is 0 Å². The molecule has 0 fully saturated rings. The Bertz CT molecular complexity index is 1260. The average Bonchev–Trinajstić information content (AvgIpc) is 3.44. The highest BCUT2D eigenvalue weighted by Gasteiger charge is 2.26. The van der Waals surface area contributed by atoms with Gasteiger partial charge in [0.05, 0.1) is 6.26 Å². The first kappa shape index (κ1) is 18.8. The molecule has 0 aliphatic carbocycles. The molecule has 1 aliphatic rings. The predicted octanol–water partition coefficient (Wildman–Crippen LogP) is 4.63. The number of aryl methyl sites for hydroxylation is 1. The molecule has 7 nitrogen and oxygen atoms in total. The van der Waals surface area contributed by atoms with Crippen molar-refractivity contribution in [1.29, 1.82) is 0 Å². The molecule has 0 spiro atoms. The Hall–Kier alpha value is -4.20. The average molecular weight is 415 g/mol. The van der Waals surface area contributed by atoms with Gasteiger partial charge in [-0.15, -0.1) is 5.10 Å². The van der Waals surface area contributed by atoms with Crippen molar-refractivity contribution in [3.63, 3.8) is 0 Å². The number of benzene rings is 2. The third-order valence-electron chi connectivity index (χ3n) is 5.01. The second kappa shape index (κ2) is 7.56. The number of carbonyl (C=O) groups excluding carboxylic acids is 1. The van der Waals surface area contributed by atoms with E-state index in [0.29, 0.717) is 5.95 Å². The van der Waals surface area contributed by atoms with Crippen LogP contribution in [-0.4, -0.2) is 20.7 Å². The van der Waals surface area contributed by atoms with E-state index in [1.54, 1.807) is 28.9 Å². The summed E-state index contributed by atoms with van der Waals surface area (Å²) in [6.45, 7) is 2.03. The highest BCUT2D eigenvalue weighted by Crippen LogP contribution is 2.33. The second-order valence-electron chi connectivity index (χ2n) is 7.20. The van der Waals surface area contributed by atoms with Crippen LogP contribution in [0.25, 0.3) is 5.70 Å². The first-order valence-electron chi connectivity index (χ1n) is 9.69. The molecule has 154 valence electrons. The Labute approximate surface area is 177 Å². The van der Waals surface area contributed by atoms with Crippen LogP contribution in [0.15, 0.2) is 77.4 Å². The summed E-state index contributed by atoms with van der Waals surface area (Å²) >= 11 is 0. The van der Waals surface area contributed by atoms with Crippen molar-refractivity contribution in [3.05, 3.63) is 101 Å². The molecule has 1 atom stereocenters. The quantitative estimate of drug-likeness (QED) is 0.508. The fourth-order valence-electron chi connectivity index (χ4n) is 3.42. The maximum absolute atomic E-state index is 13.5. The lowest BCUT2D eigenvalue weighted by molar-refractivity contribution is 0.0995. The summed E-state index contributed by atoms with van der Waals surface area (Å²) in [6, 6.07) is 17.2. The van der Waals surface area contributed by atoms with Gasteiger partial charge in [0.25, 0.3) is 11.9 Å². The first-order chi connectivity index (χ1) is 15.1. The van der Waals surface area contributed by atoms with Crippen LogP contribution in [0.1, 0.15) is 33.3 Å². The largest absolute Gasteiger partial charge is 0.459 e. The van der Waals surface area contributed by atoms with Crippen molar-refractivity contribution in [2.24, 2.45) is 0 Å². The van der Waals surface area contributed by atoms with Gasteiger partial charge in [-0.1, -0.05) is 42.0 Å². The molecular formula is C23H18FN5O2. The van der Waals surface area contributed by atoms with Crippen LogP contribution in [0, 0.1) is 12.7 Å². The number of hydrogen-bond donors (Lipinski definition) is 2. The van der Waals surface area contributed by atoms with Crippen LogP contribution >= 0.6 is 0 Å². The SMILES string of the molecule is Cc1ccc(C2=CC(c3ccc(F)cc3)n3nc(NC(=O)c4ccco4)nc3N2)cc1. The zero-order chi connectivity index (χ0) is 21.4. The summed E-state index contributed by atoms with van der Waals surface area (Å²) in [7, 11) is 0. The molecule has 0 bridgehead atoms. The molecule has 2 aromatic carbocycles. The van der Waals surface area contributed by atoms with E-state index in [-0.39, 0.29) is 23.6 Å². The molecular weight excluding hydrogens is 397 g/mol. The number of fused-ring (bicyclic) bond motifs is 1.